The van der Waals surface area contributed by atoms with Gasteiger partial charge < -0.3 is 10.2 Å². The van der Waals surface area contributed by atoms with Crippen LogP contribution in [0.15, 0.2) is 6.07 Å². The average molecular weight is 245 g/mol. The van der Waals surface area contributed by atoms with Gasteiger partial charge in [-0.15, -0.1) is 0 Å². The summed E-state index contributed by atoms with van der Waals surface area (Å²) >= 11 is 0. The molecule has 0 bridgehead atoms. The zero-order valence-corrected chi connectivity index (χ0v) is 11.0. The highest BCUT2D eigenvalue weighted by Gasteiger charge is 2.21. The molecule has 1 atom stereocenters. The minimum atomic E-state index is 0.122. The number of anilines is 2. The van der Waals surface area contributed by atoms with Gasteiger partial charge in [0, 0.05) is 25.7 Å². The lowest BCUT2D eigenvalue weighted by molar-refractivity contribution is 0.490. The highest BCUT2D eigenvalue weighted by atomic mass is 15.2. The Bertz CT molecular complexity index is 451. The molecule has 0 saturated carbocycles. The summed E-state index contributed by atoms with van der Waals surface area (Å²) < 4.78 is 0. The Balaban J connectivity index is 2.19. The number of hydrogen-bond donors (Lipinski definition) is 1. The SMILES string of the molecule is CCNc1cc(N2CCCC(C#N)C2)nc(C)n1. The standard InChI is InChI=1S/C13H19N5/c1-3-15-12-7-13(17-10(2)16-12)18-6-4-5-11(8-14)9-18/h7,11H,3-6,9H2,1-2H3,(H,15,16,17). The molecule has 2 heterocycles. The third-order valence-electron chi connectivity index (χ3n) is 3.11. The van der Waals surface area contributed by atoms with Crippen LogP contribution in [-0.4, -0.2) is 29.6 Å². The van der Waals surface area contributed by atoms with Gasteiger partial charge in [0.15, 0.2) is 0 Å². The van der Waals surface area contributed by atoms with Gasteiger partial charge in [-0.1, -0.05) is 0 Å². The van der Waals surface area contributed by atoms with Crippen molar-refractivity contribution in [2.24, 2.45) is 5.92 Å². The summed E-state index contributed by atoms with van der Waals surface area (Å²) in [7, 11) is 0. The molecule has 1 aromatic rings. The molecule has 1 aliphatic heterocycles. The van der Waals surface area contributed by atoms with Crippen LogP contribution in [0.1, 0.15) is 25.6 Å². The van der Waals surface area contributed by atoms with Gasteiger partial charge in [0.2, 0.25) is 0 Å². The summed E-state index contributed by atoms with van der Waals surface area (Å²) in [5.41, 5.74) is 0. The summed E-state index contributed by atoms with van der Waals surface area (Å²) in [6.07, 6.45) is 2.05. The first-order chi connectivity index (χ1) is 8.72. The molecule has 18 heavy (non-hydrogen) atoms. The Labute approximate surface area is 108 Å². The molecule has 0 radical (unpaired) electrons. The molecular formula is C13H19N5. The van der Waals surface area contributed by atoms with Gasteiger partial charge in [-0.25, -0.2) is 9.97 Å². The summed E-state index contributed by atoms with van der Waals surface area (Å²) in [6.45, 7) is 6.54. The van der Waals surface area contributed by atoms with Crippen LogP contribution in [-0.2, 0) is 0 Å². The molecule has 1 saturated heterocycles. The van der Waals surface area contributed by atoms with E-state index in [1.54, 1.807) is 0 Å². The monoisotopic (exact) mass is 245 g/mol. The molecule has 0 aliphatic carbocycles. The molecule has 1 aliphatic rings. The highest BCUT2D eigenvalue weighted by molar-refractivity contribution is 5.49. The average Bonchev–Trinajstić information content (AvgIpc) is 2.38. The predicted molar refractivity (Wildman–Crippen MR) is 71.5 cm³/mol. The summed E-state index contributed by atoms with van der Waals surface area (Å²) in [5.74, 6) is 2.68. The minimum absolute atomic E-state index is 0.122. The summed E-state index contributed by atoms with van der Waals surface area (Å²) in [5, 5.41) is 12.2. The van der Waals surface area contributed by atoms with Gasteiger partial charge in [-0.3, -0.25) is 0 Å². The lowest BCUT2D eigenvalue weighted by Gasteiger charge is -2.30. The van der Waals surface area contributed by atoms with Crippen molar-refractivity contribution in [3.63, 3.8) is 0 Å². The van der Waals surface area contributed by atoms with Gasteiger partial charge in [-0.05, 0) is 26.7 Å². The number of nitriles is 1. The quantitative estimate of drug-likeness (QED) is 0.881. The van der Waals surface area contributed by atoms with Crippen LogP contribution in [0.3, 0.4) is 0 Å². The molecule has 1 aromatic heterocycles. The van der Waals surface area contributed by atoms with Crippen LogP contribution in [0.4, 0.5) is 11.6 Å². The second-order valence-corrected chi connectivity index (χ2v) is 4.60. The van der Waals surface area contributed by atoms with E-state index in [2.05, 4.69) is 26.3 Å². The molecular weight excluding hydrogens is 226 g/mol. The van der Waals surface area contributed by atoms with Crippen LogP contribution >= 0.6 is 0 Å². The topological polar surface area (TPSA) is 64.8 Å². The van der Waals surface area contributed by atoms with E-state index in [0.717, 1.165) is 49.9 Å². The second-order valence-electron chi connectivity index (χ2n) is 4.60. The van der Waals surface area contributed by atoms with E-state index in [0.29, 0.717) is 0 Å². The minimum Gasteiger partial charge on any atom is -0.370 e. The first-order valence-electron chi connectivity index (χ1n) is 6.47. The van der Waals surface area contributed by atoms with Crippen LogP contribution in [0, 0.1) is 24.2 Å². The van der Waals surface area contributed by atoms with E-state index in [9.17, 15) is 0 Å². The fourth-order valence-electron chi connectivity index (χ4n) is 2.28. The molecule has 96 valence electrons. The third kappa shape index (κ3) is 2.89. The van der Waals surface area contributed by atoms with E-state index in [1.165, 1.54) is 0 Å². The molecule has 1 fully saturated rings. The van der Waals surface area contributed by atoms with E-state index < -0.39 is 0 Å². The Kier molecular flexibility index (Phi) is 3.98. The Morgan fingerprint density at radius 2 is 2.39 bits per heavy atom. The lowest BCUT2D eigenvalue weighted by Crippen LogP contribution is -2.35. The Morgan fingerprint density at radius 3 is 3.11 bits per heavy atom. The number of rotatable bonds is 3. The highest BCUT2D eigenvalue weighted by Crippen LogP contribution is 2.22. The Morgan fingerprint density at radius 1 is 1.56 bits per heavy atom. The van der Waals surface area contributed by atoms with Gasteiger partial charge in [0.1, 0.15) is 17.5 Å². The number of aryl methyl sites for hydroxylation is 1. The van der Waals surface area contributed by atoms with E-state index in [4.69, 9.17) is 5.26 Å². The molecule has 5 heteroatoms. The van der Waals surface area contributed by atoms with E-state index >= 15 is 0 Å². The van der Waals surface area contributed by atoms with Crippen molar-refractivity contribution >= 4 is 11.6 Å². The molecule has 2 rings (SSSR count). The maximum absolute atomic E-state index is 9.03. The normalized spacial score (nSPS) is 19.4. The first-order valence-corrected chi connectivity index (χ1v) is 6.47. The van der Waals surface area contributed by atoms with E-state index in [-0.39, 0.29) is 5.92 Å². The van der Waals surface area contributed by atoms with Crippen LogP contribution < -0.4 is 10.2 Å². The zero-order chi connectivity index (χ0) is 13.0. The first kappa shape index (κ1) is 12.6. The molecule has 0 amide bonds. The van der Waals surface area contributed by atoms with Crippen LogP contribution in [0.5, 0.6) is 0 Å². The number of piperidine rings is 1. The van der Waals surface area contributed by atoms with Crippen molar-refractivity contribution in [1.29, 1.82) is 5.26 Å². The summed E-state index contributed by atoms with van der Waals surface area (Å²) in [4.78, 5) is 11.0. The van der Waals surface area contributed by atoms with E-state index in [1.807, 2.05) is 19.9 Å². The van der Waals surface area contributed by atoms with Crippen molar-refractivity contribution in [2.75, 3.05) is 29.9 Å². The van der Waals surface area contributed by atoms with Gasteiger partial charge >= 0.3 is 0 Å². The van der Waals surface area contributed by atoms with Crippen molar-refractivity contribution in [2.45, 2.75) is 26.7 Å². The number of nitrogens with zero attached hydrogens (tertiary/aromatic N) is 4. The third-order valence-corrected chi connectivity index (χ3v) is 3.11. The fourth-order valence-corrected chi connectivity index (χ4v) is 2.28. The maximum atomic E-state index is 9.03. The predicted octanol–water partition coefficient (Wildman–Crippen LogP) is 1.96. The fraction of sp³-hybridized carbons (Fsp3) is 0.615. The summed E-state index contributed by atoms with van der Waals surface area (Å²) in [6, 6.07) is 4.33. The molecule has 0 spiro atoms. The number of aromatic nitrogens is 2. The molecule has 5 nitrogen and oxygen atoms in total. The van der Waals surface area contributed by atoms with Crippen molar-refractivity contribution in [3.05, 3.63) is 11.9 Å². The second kappa shape index (κ2) is 5.67. The van der Waals surface area contributed by atoms with Gasteiger partial charge in [0.25, 0.3) is 0 Å². The van der Waals surface area contributed by atoms with Crippen molar-refractivity contribution < 1.29 is 0 Å². The lowest BCUT2D eigenvalue weighted by atomic mass is 10.00. The number of nitrogens with one attached hydrogen (secondary N) is 1. The van der Waals surface area contributed by atoms with Gasteiger partial charge in [0.05, 0.1) is 12.0 Å². The smallest absolute Gasteiger partial charge is 0.134 e. The zero-order valence-electron chi connectivity index (χ0n) is 11.0. The molecule has 0 aromatic carbocycles. The van der Waals surface area contributed by atoms with Crippen molar-refractivity contribution in [1.82, 2.24) is 9.97 Å². The maximum Gasteiger partial charge on any atom is 0.134 e. The molecule has 1 unspecified atom stereocenters. The number of hydrogen-bond acceptors (Lipinski definition) is 5. The van der Waals surface area contributed by atoms with Crippen molar-refractivity contribution in [3.8, 4) is 6.07 Å². The van der Waals surface area contributed by atoms with Gasteiger partial charge in [-0.2, -0.15) is 5.26 Å². The molecule has 1 N–H and O–H groups in total. The largest absolute Gasteiger partial charge is 0.370 e. The Hall–Kier alpha value is -1.83. The van der Waals surface area contributed by atoms with Crippen LogP contribution in [0.2, 0.25) is 0 Å². The van der Waals surface area contributed by atoms with Crippen LogP contribution in [0.25, 0.3) is 0 Å².